The van der Waals surface area contributed by atoms with Crippen LogP contribution in [0.2, 0.25) is 0 Å². The van der Waals surface area contributed by atoms with E-state index in [9.17, 15) is 15.0 Å². The lowest BCUT2D eigenvalue weighted by Gasteiger charge is -2.35. The lowest BCUT2D eigenvalue weighted by atomic mass is 9.70. The number of aliphatic hydroxyl groups is 2. The summed E-state index contributed by atoms with van der Waals surface area (Å²) in [5.41, 5.74) is 4.27. The van der Waals surface area contributed by atoms with Gasteiger partial charge in [0.05, 0.1) is 11.1 Å². The van der Waals surface area contributed by atoms with Crippen LogP contribution in [0.3, 0.4) is 0 Å². The summed E-state index contributed by atoms with van der Waals surface area (Å²) in [5, 5.41) is 25.2. The molecule has 1 saturated heterocycles. The average Bonchev–Trinajstić information content (AvgIpc) is 3.20. The molecule has 0 radical (unpaired) electrons. The van der Waals surface area contributed by atoms with Crippen molar-refractivity contribution in [1.29, 1.82) is 0 Å². The van der Waals surface area contributed by atoms with Gasteiger partial charge < -0.3 is 20.7 Å². The lowest BCUT2D eigenvalue weighted by Crippen LogP contribution is -2.46. The van der Waals surface area contributed by atoms with Gasteiger partial charge in [-0.2, -0.15) is 5.10 Å². The first-order chi connectivity index (χ1) is 13.3. The molecular formula is C18H21N5O5. The molecule has 0 unspecified atom stereocenters. The first kappa shape index (κ1) is 18.6. The van der Waals surface area contributed by atoms with Crippen LogP contribution in [0.4, 0.5) is 5.82 Å². The molecule has 1 saturated carbocycles. The van der Waals surface area contributed by atoms with E-state index in [4.69, 9.17) is 21.8 Å². The van der Waals surface area contributed by atoms with Crippen LogP contribution < -0.4 is 5.73 Å². The standard InChI is InChI=1S/C18H21N5O5/c1-17(6-3-7-17)16(26)27-8-18(20-2)14(25)12(24)13(28-18)10-4-5-11-15(19)21-9-22-23(10)11/h4-5,9,12-14,24-25H,3,6-8H2,1H3,(H2,19,21,22)/t12-,13-,14-,18+/m0/s1. The number of hydrogen-bond acceptors (Lipinski definition) is 8. The molecule has 2 fully saturated rings. The first-order valence-electron chi connectivity index (χ1n) is 8.99. The third-order valence-corrected chi connectivity index (χ3v) is 5.78. The van der Waals surface area contributed by atoms with E-state index >= 15 is 0 Å². The Morgan fingerprint density at radius 2 is 2.25 bits per heavy atom. The molecular weight excluding hydrogens is 366 g/mol. The molecule has 0 spiro atoms. The van der Waals surface area contributed by atoms with E-state index in [0.29, 0.717) is 11.2 Å². The van der Waals surface area contributed by atoms with Gasteiger partial charge in [-0.1, -0.05) is 6.42 Å². The van der Waals surface area contributed by atoms with Crippen molar-refractivity contribution in [2.24, 2.45) is 5.41 Å². The van der Waals surface area contributed by atoms with Gasteiger partial charge in [-0.15, -0.1) is 0 Å². The number of nitrogens with two attached hydrogens (primary N) is 1. The molecule has 10 nitrogen and oxygen atoms in total. The van der Waals surface area contributed by atoms with Crippen LogP contribution in [0.25, 0.3) is 10.4 Å². The second-order valence-electron chi connectivity index (χ2n) is 7.62. The maximum atomic E-state index is 12.3. The number of fused-ring (bicyclic) bond motifs is 1. The maximum Gasteiger partial charge on any atom is 0.400 e. The number of hydrogen-bond donors (Lipinski definition) is 3. The molecule has 0 bridgehead atoms. The van der Waals surface area contributed by atoms with Crippen LogP contribution in [0, 0.1) is 12.0 Å². The molecule has 148 valence electrons. The number of ether oxygens (including phenoxy) is 2. The summed E-state index contributed by atoms with van der Waals surface area (Å²) < 4.78 is 12.5. The van der Waals surface area contributed by atoms with Gasteiger partial charge in [-0.3, -0.25) is 14.4 Å². The minimum Gasteiger partial charge on any atom is -0.453 e. The number of carbonyl (C=O) groups is 1. The van der Waals surface area contributed by atoms with Crippen molar-refractivity contribution in [2.75, 3.05) is 12.3 Å². The van der Waals surface area contributed by atoms with Crippen LogP contribution in [0.5, 0.6) is 0 Å². The highest BCUT2D eigenvalue weighted by molar-refractivity contribution is 5.77. The highest BCUT2D eigenvalue weighted by atomic mass is 16.6. The van der Waals surface area contributed by atoms with E-state index in [0.717, 1.165) is 19.3 Å². The second-order valence-corrected chi connectivity index (χ2v) is 7.62. The van der Waals surface area contributed by atoms with Gasteiger partial charge in [0, 0.05) is 0 Å². The van der Waals surface area contributed by atoms with Gasteiger partial charge >= 0.3 is 11.7 Å². The van der Waals surface area contributed by atoms with Gasteiger partial charge in [0.1, 0.15) is 24.1 Å². The van der Waals surface area contributed by atoms with Crippen molar-refractivity contribution in [3.05, 3.63) is 35.6 Å². The zero-order valence-corrected chi connectivity index (χ0v) is 15.3. The second kappa shape index (κ2) is 6.41. The van der Waals surface area contributed by atoms with Crippen molar-refractivity contribution in [3.8, 4) is 0 Å². The number of nitrogens with zero attached hydrogens (tertiary/aromatic N) is 4. The van der Waals surface area contributed by atoms with Crippen LogP contribution in [-0.2, 0) is 14.3 Å². The Hall–Kier alpha value is -2.74. The summed E-state index contributed by atoms with van der Waals surface area (Å²) in [6.45, 7) is 8.86. The van der Waals surface area contributed by atoms with E-state index < -0.39 is 42.0 Å². The van der Waals surface area contributed by atoms with Gasteiger partial charge in [-0.25, -0.2) is 16.1 Å². The number of esters is 1. The van der Waals surface area contributed by atoms with E-state index in [-0.39, 0.29) is 5.82 Å². The summed E-state index contributed by atoms with van der Waals surface area (Å²) in [5.74, 6) is -0.183. The Morgan fingerprint density at radius 3 is 2.89 bits per heavy atom. The SMILES string of the molecule is [C-]#[N+][C@]1(COC(=O)C2(C)CCC2)O[C@@H](c2ccc3c(N)ncnn23)[C@H](O)[C@@H]1O. The zero-order chi connectivity index (χ0) is 20.1. The molecule has 2 aliphatic rings. The predicted molar refractivity (Wildman–Crippen MR) is 95.5 cm³/mol. The fourth-order valence-electron chi connectivity index (χ4n) is 3.71. The molecule has 4 N–H and O–H groups in total. The van der Waals surface area contributed by atoms with Crippen molar-refractivity contribution >= 4 is 17.3 Å². The number of aliphatic hydroxyl groups excluding tert-OH is 2. The minimum absolute atomic E-state index is 0.244. The van der Waals surface area contributed by atoms with E-state index in [2.05, 4.69) is 14.9 Å². The summed E-state index contributed by atoms with van der Waals surface area (Å²) in [6, 6.07) is 3.28. The van der Waals surface area contributed by atoms with Crippen molar-refractivity contribution in [1.82, 2.24) is 14.6 Å². The van der Waals surface area contributed by atoms with Crippen LogP contribution in [0.15, 0.2) is 18.5 Å². The topological polar surface area (TPSA) is 137 Å². The third-order valence-electron chi connectivity index (χ3n) is 5.78. The largest absolute Gasteiger partial charge is 0.453 e. The molecule has 28 heavy (non-hydrogen) atoms. The van der Waals surface area contributed by atoms with E-state index in [1.54, 1.807) is 12.1 Å². The number of nitrogen functional groups attached to an aromatic ring is 1. The average molecular weight is 387 g/mol. The maximum absolute atomic E-state index is 12.3. The van der Waals surface area contributed by atoms with Crippen molar-refractivity contribution < 1.29 is 24.5 Å². The fourth-order valence-corrected chi connectivity index (χ4v) is 3.71. The Kier molecular flexibility index (Phi) is 4.26. The monoisotopic (exact) mass is 387 g/mol. The van der Waals surface area contributed by atoms with Gasteiger partial charge in [0.25, 0.3) is 0 Å². The molecule has 10 heteroatoms. The van der Waals surface area contributed by atoms with Crippen LogP contribution in [0.1, 0.15) is 38.0 Å². The number of carbonyl (C=O) groups excluding carboxylic acids is 1. The summed E-state index contributed by atoms with van der Waals surface area (Å²) >= 11 is 0. The Balaban J connectivity index is 1.59. The summed E-state index contributed by atoms with van der Waals surface area (Å²) in [4.78, 5) is 19.6. The molecule has 1 aliphatic heterocycles. The lowest BCUT2D eigenvalue weighted by molar-refractivity contribution is -0.171. The number of rotatable bonds is 4. The minimum atomic E-state index is -1.90. The number of anilines is 1. The van der Waals surface area contributed by atoms with Crippen molar-refractivity contribution in [2.45, 2.75) is 50.2 Å². The fraction of sp³-hybridized carbons (Fsp3) is 0.556. The summed E-state index contributed by atoms with van der Waals surface area (Å²) in [7, 11) is 0. The summed E-state index contributed by atoms with van der Waals surface area (Å²) in [6.07, 6.45) is -0.383. The van der Waals surface area contributed by atoms with E-state index in [1.165, 1.54) is 10.8 Å². The predicted octanol–water partition coefficient (Wildman–Crippen LogP) is 0.454. The third kappa shape index (κ3) is 2.63. The molecule has 4 atom stereocenters. The molecule has 0 amide bonds. The highest BCUT2D eigenvalue weighted by Crippen LogP contribution is 2.44. The Bertz CT molecular complexity index is 965. The number of aromatic nitrogens is 3. The quantitative estimate of drug-likeness (QED) is 0.508. The highest BCUT2D eigenvalue weighted by Gasteiger charge is 2.62. The molecule has 0 aromatic carbocycles. The normalized spacial score (nSPS) is 31.3. The molecule has 4 rings (SSSR count). The van der Waals surface area contributed by atoms with Crippen LogP contribution >= 0.6 is 0 Å². The Labute approximate surface area is 160 Å². The van der Waals surface area contributed by atoms with Crippen molar-refractivity contribution in [3.63, 3.8) is 0 Å². The van der Waals surface area contributed by atoms with Gasteiger partial charge in [0.15, 0.2) is 18.5 Å². The smallest absolute Gasteiger partial charge is 0.400 e. The molecule has 1 aliphatic carbocycles. The Morgan fingerprint density at radius 1 is 1.50 bits per heavy atom. The van der Waals surface area contributed by atoms with Gasteiger partial charge in [0.2, 0.25) is 0 Å². The molecule has 3 heterocycles. The first-order valence-corrected chi connectivity index (χ1v) is 8.99. The molecule has 2 aromatic rings. The van der Waals surface area contributed by atoms with Gasteiger partial charge in [-0.05, 0) is 31.9 Å². The van der Waals surface area contributed by atoms with Crippen LogP contribution in [-0.4, -0.2) is 55.3 Å². The zero-order valence-electron chi connectivity index (χ0n) is 15.3. The molecule has 2 aromatic heterocycles. The van der Waals surface area contributed by atoms with E-state index in [1.807, 2.05) is 6.92 Å².